The number of nitrogens with one attached hydrogen (secondary N) is 2. The Labute approximate surface area is 244 Å². The van der Waals surface area contributed by atoms with E-state index in [0.29, 0.717) is 28.1 Å². The number of hydrogen-bond acceptors (Lipinski definition) is 4. The summed E-state index contributed by atoms with van der Waals surface area (Å²) >= 11 is 0. The Morgan fingerprint density at radius 3 is 2.12 bits per heavy atom. The summed E-state index contributed by atoms with van der Waals surface area (Å²) in [7, 11) is 1.57. The molecule has 0 aliphatic heterocycles. The lowest BCUT2D eigenvalue weighted by Crippen LogP contribution is -2.30. The standard InChI is InChI=1S/C36H28N2O4/c1-42-31-21-14-25(15-22-31)24-33(38-35(40)29-9-3-2-4-10-29)36(41)37-30-19-16-28(17-20-30)34(39)23-18-27-12-7-11-26-8-5-6-13-32(26)27/h2-24H,1H3,(H,37,41)(H,38,40)/b23-18+,33-24-. The highest BCUT2D eigenvalue weighted by Gasteiger charge is 2.15. The Bertz CT molecular complexity index is 1780. The predicted octanol–water partition coefficient (Wildman–Crippen LogP) is 7.15. The average Bonchev–Trinajstić information content (AvgIpc) is 3.04. The quantitative estimate of drug-likeness (QED) is 0.150. The summed E-state index contributed by atoms with van der Waals surface area (Å²) in [5.74, 6) is -0.404. The molecule has 0 saturated carbocycles. The Morgan fingerprint density at radius 1 is 0.690 bits per heavy atom. The molecule has 6 heteroatoms. The number of carbonyl (C=O) groups is 3. The van der Waals surface area contributed by atoms with E-state index >= 15 is 0 Å². The molecule has 0 atom stereocenters. The van der Waals surface area contributed by atoms with Gasteiger partial charge in [-0.3, -0.25) is 14.4 Å². The van der Waals surface area contributed by atoms with E-state index in [4.69, 9.17) is 4.74 Å². The normalized spacial score (nSPS) is 11.3. The first-order chi connectivity index (χ1) is 20.5. The summed E-state index contributed by atoms with van der Waals surface area (Å²) < 4.78 is 5.21. The van der Waals surface area contributed by atoms with E-state index in [1.54, 1.807) is 92.1 Å². The first-order valence-corrected chi connectivity index (χ1v) is 13.3. The van der Waals surface area contributed by atoms with Gasteiger partial charge in [-0.05, 0) is 82.6 Å². The maximum atomic E-state index is 13.3. The second kappa shape index (κ2) is 13.1. The van der Waals surface area contributed by atoms with Crippen LogP contribution in [-0.4, -0.2) is 24.7 Å². The van der Waals surface area contributed by atoms with E-state index in [-0.39, 0.29) is 11.5 Å². The van der Waals surface area contributed by atoms with Crippen molar-refractivity contribution in [3.8, 4) is 5.75 Å². The van der Waals surface area contributed by atoms with Gasteiger partial charge >= 0.3 is 0 Å². The first-order valence-electron chi connectivity index (χ1n) is 13.3. The summed E-state index contributed by atoms with van der Waals surface area (Å²) in [5, 5.41) is 7.70. The molecule has 0 aliphatic rings. The first kappa shape index (κ1) is 27.8. The van der Waals surface area contributed by atoms with Crippen LogP contribution in [0.3, 0.4) is 0 Å². The molecule has 42 heavy (non-hydrogen) atoms. The van der Waals surface area contributed by atoms with E-state index in [9.17, 15) is 14.4 Å². The van der Waals surface area contributed by atoms with Crippen LogP contribution in [0.25, 0.3) is 22.9 Å². The van der Waals surface area contributed by atoms with Crippen LogP contribution in [0.5, 0.6) is 5.75 Å². The molecule has 2 N–H and O–H groups in total. The third-order valence-corrected chi connectivity index (χ3v) is 6.62. The Balaban J connectivity index is 1.31. The topological polar surface area (TPSA) is 84.5 Å². The monoisotopic (exact) mass is 552 g/mol. The number of benzene rings is 5. The molecule has 0 spiro atoms. The largest absolute Gasteiger partial charge is 0.497 e. The van der Waals surface area contributed by atoms with Crippen molar-refractivity contribution in [2.24, 2.45) is 0 Å². The zero-order valence-corrected chi connectivity index (χ0v) is 22.9. The lowest BCUT2D eigenvalue weighted by Gasteiger charge is -2.12. The van der Waals surface area contributed by atoms with Crippen molar-refractivity contribution in [3.63, 3.8) is 0 Å². The number of methoxy groups -OCH3 is 1. The number of rotatable bonds is 9. The number of anilines is 1. The van der Waals surface area contributed by atoms with Crippen molar-refractivity contribution in [1.29, 1.82) is 0 Å². The molecule has 0 radical (unpaired) electrons. The zero-order valence-electron chi connectivity index (χ0n) is 22.9. The zero-order chi connectivity index (χ0) is 29.3. The van der Waals surface area contributed by atoms with Crippen LogP contribution in [0.1, 0.15) is 31.8 Å². The van der Waals surface area contributed by atoms with Crippen LogP contribution in [-0.2, 0) is 4.79 Å². The van der Waals surface area contributed by atoms with Crippen molar-refractivity contribution < 1.29 is 19.1 Å². The molecule has 0 heterocycles. The molecule has 0 bridgehead atoms. The molecule has 0 unspecified atom stereocenters. The summed E-state index contributed by atoms with van der Waals surface area (Å²) in [4.78, 5) is 39.0. The number of carbonyl (C=O) groups excluding carboxylic acids is 3. The molecule has 6 nitrogen and oxygen atoms in total. The molecular formula is C36H28N2O4. The minimum absolute atomic E-state index is 0.0622. The van der Waals surface area contributed by atoms with E-state index in [1.165, 1.54) is 0 Å². The fourth-order valence-electron chi connectivity index (χ4n) is 4.38. The van der Waals surface area contributed by atoms with Crippen molar-refractivity contribution in [1.82, 2.24) is 5.32 Å². The van der Waals surface area contributed by atoms with Crippen LogP contribution >= 0.6 is 0 Å². The Kier molecular flexibility index (Phi) is 8.65. The van der Waals surface area contributed by atoms with Gasteiger partial charge in [-0.1, -0.05) is 78.9 Å². The summed E-state index contributed by atoms with van der Waals surface area (Å²) in [6.45, 7) is 0. The third-order valence-electron chi connectivity index (χ3n) is 6.62. The Morgan fingerprint density at radius 2 is 1.38 bits per heavy atom. The van der Waals surface area contributed by atoms with Crippen LogP contribution in [0.2, 0.25) is 0 Å². The molecule has 5 rings (SSSR count). The molecular weight excluding hydrogens is 524 g/mol. The lowest BCUT2D eigenvalue weighted by atomic mass is 10.0. The van der Waals surface area contributed by atoms with E-state index < -0.39 is 11.8 Å². The molecule has 5 aromatic carbocycles. The van der Waals surface area contributed by atoms with Gasteiger partial charge in [0, 0.05) is 16.8 Å². The van der Waals surface area contributed by atoms with Crippen LogP contribution < -0.4 is 15.4 Å². The average molecular weight is 553 g/mol. The van der Waals surface area contributed by atoms with Crippen molar-refractivity contribution >= 4 is 46.2 Å². The van der Waals surface area contributed by atoms with Gasteiger partial charge < -0.3 is 15.4 Å². The highest BCUT2D eigenvalue weighted by Crippen LogP contribution is 2.20. The highest BCUT2D eigenvalue weighted by atomic mass is 16.5. The number of fused-ring (bicyclic) bond motifs is 1. The second-order valence-electron chi connectivity index (χ2n) is 9.45. The molecule has 0 fully saturated rings. The number of amides is 2. The van der Waals surface area contributed by atoms with Crippen molar-refractivity contribution in [2.75, 3.05) is 12.4 Å². The number of hydrogen-bond donors (Lipinski definition) is 2. The lowest BCUT2D eigenvalue weighted by molar-refractivity contribution is -0.113. The molecule has 5 aromatic rings. The van der Waals surface area contributed by atoms with Gasteiger partial charge in [0.2, 0.25) is 0 Å². The minimum Gasteiger partial charge on any atom is -0.497 e. The van der Waals surface area contributed by atoms with E-state index in [2.05, 4.69) is 10.6 Å². The molecule has 0 saturated heterocycles. The van der Waals surface area contributed by atoms with Crippen molar-refractivity contribution in [2.45, 2.75) is 0 Å². The fraction of sp³-hybridized carbons (Fsp3) is 0.0278. The van der Waals surface area contributed by atoms with Crippen LogP contribution in [0, 0.1) is 0 Å². The number of ketones is 1. The fourth-order valence-corrected chi connectivity index (χ4v) is 4.38. The molecule has 0 aliphatic carbocycles. The maximum Gasteiger partial charge on any atom is 0.272 e. The number of ether oxygens (including phenoxy) is 1. The van der Waals surface area contributed by atoms with Gasteiger partial charge in [-0.25, -0.2) is 0 Å². The van der Waals surface area contributed by atoms with Crippen LogP contribution in [0.15, 0.2) is 133 Å². The smallest absolute Gasteiger partial charge is 0.272 e. The van der Waals surface area contributed by atoms with Gasteiger partial charge in [0.05, 0.1) is 7.11 Å². The summed E-state index contributed by atoms with van der Waals surface area (Å²) in [6.07, 6.45) is 4.95. The van der Waals surface area contributed by atoms with E-state index in [0.717, 1.165) is 16.3 Å². The molecule has 0 aromatic heterocycles. The summed E-state index contributed by atoms with van der Waals surface area (Å²) in [5.41, 5.74) is 3.10. The highest BCUT2D eigenvalue weighted by molar-refractivity contribution is 6.11. The molecule has 206 valence electrons. The minimum atomic E-state index is -0.509. The van der Waals surface area contributed by atoms with Crippen LogP contribution in [0.4, 0.5) is 5.69 Å². The SMILES string of the molecule is COc1ccc(/C=C(\NC(=O)c2ccccc2)C(=O)Nc2ccc(C(=O)/C=C/c3cccc4ccccc34)cc2)cc1. The van der Waals surface area contributed by atoms with Gasteiger partial charge in [0.1, 0.15) is 11.4 Å². The van der Waals surface area contributed by atoms with Crippen molar-refractivity contribution in [3.05, 3.63) is 155 Å². The third kappa shape index (κ3) is 6.87. The number of allylic oxidation sites excluding steroid dienone is 1. The Hall–Kier alpha value is -5.75. The summed E-state index contributed by atoms with van der Waals surface area (Å²) in [6, 6.07) is 36.4. The van der Waals surface area contributed by atoms with E-state index in [1.807, 2.05) is 54.6 Å². The molecule has 2 amide bonds. The van der Waals surface area contributed by atoms with Gasteiger partial charge in [0.25, 0.3) is 11.8 Å². The maximum absolute atomic E-state index is 13.3. The predicted molar refractivity (Wildman–Crippen MR) is 167 cm³/mol. The van der Waals surface area contributed by atoms with Gasteiger partial charge in [-0.15, -0.1) is 0 Å². The van der Waals surface area contributed by atoms with Gasteiger partial charge in [-0.2, -0.15) is 0 Å². The van der Waals surface area contributed by atoms with Gasteiger partial charge in [0.15, 0.2) is 5.78 Å². The second-order valence-corrected chi connectivity index (χ2v) is 9.45.